The van der Waals surface area contributed by atoms with E-state index < -0.39 is 0 Å². The van der Waals surface area contributed by atoms with Crippen molar-refractivity contribution in [1.29, 1.82) is 0 Å². The molecule has 1 N–H and O–H groups in total. The highest BCUT2D eigenvalue weighted by Crippen LogP contribution is 2.17. The van der Waals surface area contributed by atoms with E-state index in [0.717, 1.165) is 12.0 Å². The van der Waals surface area contributed by atoms with E-state index in [1.807, 2.05) is 0 Å². The maximum atomic E-state index is 3.59. The van der Waals surface area contributed by atoms with Crippen LogP contribution in [0.1, 0.15) is 201 Å². The van der Waals surface area contributed by atoms with Gasteiger partial charge in [-0.25, -0.2) is 0 Å². The fourth-order valence-corrected chi connectivity index (χ4v) is 5.69. The zero-order valence-corrected chi connectivity index (χ0v) is 26.6. The summed E-state index contributed by atoms with van der Waals surface area (Å²) in [6, 6.07) is 0.756. The van der Waals surface area contributed by atoms with E-state index in [9.17, 15) is 0 Å². The van der Waals surface area contributed by atoms with Crippen LogP contribution in [0.5, 0.6) is 0 Å². The Morgan fingerprint density at radius 3 is 1.30 bits per heavy atom. The van der Waals surface area contributed by atoms with Gasteiger partial charge in [0, 0.05) is 6.04 Å². The molecule has 0 saturated carbocycles. The van der Waals surface area contributed by atoms with Crippen LogP contribution < -0.4 is 5.32 Å². The van der Waals surface area contributed by atoms with Gasteiger partial charge in [-0.05, 0) is 45.1 Å². The number of rotatable bonds is 31. The zero-order valence-electron chi connectivity index (χ0n) is 26.6. The fraction of sp³-hybridized carbons (Fsp3) is 0.944. The zero-order chi connectivity index (χ0) is 27.1. The van der Waals surface area contributed by atoms with E-state index in [1.165, 1.54) is 180 Å². The first-order chi connectivity index (χ1) is 18.2. The molecule has 0 aliphatic carbocycles. The molecule has 2 atom stereocenters. The minimum atomic E-state index is 0.756. The lowest BCUT2D eigenvalue weighted by Crippen LogP contribution is -2.24. The van der Waals surface area contributed by atoms with Crippen molar-refractivity contribution in [2.45, 2.75) is 207 Å². The van der Waals surface area contributed by atoms with Gasteiger partial charge in [-0.1, -0.05) is 181 Å². The highest BCUT2D eigenvalue weighted by Gasteiger charge is 2.05. The van der Waals surface area contributed by atoms with E-state index in [-0.39, 0.29) is 0 Å². The van der Waals surface area contributed by atoms with Crippen LogP contribution >= 0.6 is 0 Å². The lowest BCUT2D eigenvalue weighted by Gasteiger charge is -2.16. The molecule has 2 unspecified atom stereocenters. The first kappa shape index (κ1) is 36.7. The van der Waals surface area contributed by atoms with Gasteiger partial charge in [-0.3, -0.25) is 0 Å². The SMILES string of the molecule is CCCCCCCCCCCCCCCCC(CCCCCCCC/C=C\CC(C)CCCCC)NC. The van der Waals surface area contributed by atoms with Crippen molar-refractivity contribution in [3.63, 3.8) is 0 Å². The minimum Gasteiger partial charge on any atom is -0.317 e. The predicted octanol–water partition coefficient (Wildman–Crippen LogP) is 12.7. The van der Waals surface area contributed by atoms with E-state index in [0.29, 0.717) is 0 Å². The average Bonchev–Trinajstić information content (AvgIpc) is 2.90. The first-order valence-electron chi connectivity index (χ1n) is 17.6. The molecule has 1 heteroatoms. The first-order valence-corrected chi connectivity index (χ1v) is 17.6. The van der Waals surface area contributed by atoms with E-state index in [1.54, 1.807) is 0 Å². The molecule has 0 aromatic carbocycles. The fourth-order valence-electron chi connectivity index (χ4n) is 5.69. The third kappa shape index (κ3) is 30.1. The van der Waals surface area contributed by atoms with Crippen molar-refractivity contribution in [1.82, 2.24) is 5.32 Å². The third-order valence-electron chi connectivity index (χ3n) is 8.49. The number of nitrogens with one attached hydrogen (secondary N) is 1. The molecule has 0 spiro atoms. The Morgan fingerprint density at radius 2 is 0.838 bits per heavy atom. The van der Waals surface area contributed by atoms with Crippen molar-refractivity contribution in [3.05, 3.63) is 12.2 Å². The Hall–Kier alpha value is -0.300. The van der Waals surface area contributed by atoms with Crippen molar-refractivity contribution in [2.75, 3.05) is 7.05 Å². The number of allylic oxidation sites excluding steroid dienone is 2. The number of unbranched alkanes of at least 4 members (excludes halogenated alkanes) is 21. The maximum absolute atomic E-state index is 3.59. The second-order valence-electron chi connectivity index (χ2n) is 12.4. The summed E-state index contributed by atoms with van der Waals surface area (Å²) in [5, 5.41) is 3.59. The molecule has 0 radical (unpaired) electrons. The second-order valence-corrected chi connectivity index (χ2v) is 12.4. The highest BCUT2D eigenvalue weighted by atomic mass is 14.9. The topological polar surface area (TPSA) is 12.0 Å². The van der Waals surface area contributed by atoms with Gasteiger partial charge in [0.25, 0.3) is 0 Å². The third-order valence-corrected chi connectivity index (χ3v) is 8.49. The lowest BCUT2D eigenvalue weighted by molar-refractivity contribution is 0.434. The van der Waals surface area contributed by atoms with Crippen LogP contribution in [0.4, 0.5) is 0 Å². The molecule has 0 aromatic heterocycles. The summed E-state index contributed by atoms with van der Waals surface area (Å²) in [5.41, 5.74) is 0. The second kappa shape index (κ2) is 31.9. The standard InChI is InChI=1S/C36H73N/c1-5-7-9-10-11-12-13-14-15-16-19-22-25-29-33-36(37-4)34-30-26-23-20-17-18-21-24-28-32-35(3)31-27-8-6-2/h24,28,35-37H,5-23,25-27,29-34H2,1-4H3/b28-24-. The Morgan fingerprint density at radius 1 is 0.459 bits per heavy atom. The molecular weight excluding hydrogens is 446 g/mol. The van der Waals surface area contributed by atoms with Crippen molar-refractivity contribution in [2.24, 2.45) is 5.92 Å². The van der Waals surface area contributed by atoms with Crippen LogP contribution in [0.3, 0.4) is 0 Å². The Labute approximate surface area is 236 Å². The summed E-state index contributed by atoms with van der Waals surface area (Å²) in [6.45, 7) is 7.02. The summed E-state index contributed by atoms with van der Waals surface area (Å²) in [6.07, 6.45) is 44.8. The van der Waals surface area contributed by atoms with Gasteiger partial charge < -0.3 is 5.32 Å². The normalized spacial score (nSPS) is 13.5. The van der Waals surface area contributed by atoms with Crippen molar-refractivity contribution in [3.8, 4) is 0 Å². The molecule has 0 bridgehead atoms. The summed E-state index contributed by atoms with van der Waals surface area (Å²) >= 11 is 0. The molecule has 0 rings (SSSR count). The molecule has 0 amide bonds. The van der Waals surface area contributed by atoms with E-state index in [2.05, 4.69) is 45.3 Å². The van der Waals surface area contributed by atoms with Crippen LogP contribution in [0.25, 0.3) is 0 Å². The van der Waals surface area contributed by atoms with Gasteiger partial charge in [-0.15, -0.1) is 0 Å². The number of hydrogen-bond donors (Lipinski definition) is 1. The molecule has 0 fully saturated rings. The summed E-state index contributed by atoms with van der Waals surface area (Å²) < 4.78 is 0. The Balaban J connectivity index is 3.36. The minimum absolute atomic E-state index is 0.756. The Kier molecular flexibility index (Phi) is 31.7. The summed E-state index contributed by atoms with van der Waals surface area (Å²) in [7, 11) is 2.17. The van der Waals surface area contributed by atoms with Crippen LogP contribution in [0.15, 0.2) is 12.2 Å². The quantitative estimate of drug-likeness (QED) is 0.0709. The van der Waals surface area contributed by atoms with Gasteiger partial charge in [0.05, 0.1) is 0 Å². The smallest absolute Gasteiger partial charge is 0.00640 e. The van der Waals surface area contributed by atoms with Gasteiger partial charge in [0.15, 0.2) is 0 Å². The van der Waals surface area contributed by atoms with Gasteiger partial charge in [-0.2, -0.15) is 0 Å². The molecule has 0 aliphatic heterocycles. The molecule has 0 heterocycles. The van der Waals surface area contributed by atoms with Gasteiger partial charge in [0.1, 0.15) is 0 Å². The monoisotopic (exact) mass is 520 g/mol. The lowest BCUT2D eigenvalue weighted by atomic mass is 9.99. The molecule has 37 heavy (non-hydrogen) atoms. The number of hydrogen-bond acceptors (Lipinski definition) is 1. The van der Waals surface area contributed by atoms with Crippen LogP contribution in [-0.4, -0.2) is 13.1 Å². The molecule has 0 aliphatic rings. The Bertz CT molecular complexity index is 428. The van der Waals surface area contributed by atoms with Gasteiger partial charge >= 0.3 is 0 Å². The summed E-state index contributed by atoms with van der Waals surface area (Å²) in [5.74, 6) is 0.874. The average molecular weight is 520 g/mol. The molecule has 222 valence electrons. The molecule has 0 saturated heterocycles. The van der Waals surface area contributed by atoms with Crippen LogP contribution in [-0.2, 0) is 0 Å². The van der Waals surface area contributed by atoms with Crippen LogP contribution in [0, 0.1) is 5.92 Å². The van der Waals surface area contributed by atoms with E-state index in [4.69, 9.17) is 0 Å². The molecule has 1 nitrogen and oxygen atoms in total. The maximum Gasteiger partial charge on any atom is 0.00640 e. The molecular formula is C36H73N. The summed E-state index contributed by atoms with van der Waals surface area (Å²) in [4.78, 5) is 0. The van der Waals surface area contributed by atoms with Crippen molar-refractivity contribution < 1.29 is 0 Å². The van der Waals surface area contributed by atoms with Crippen molar-refractivity contribution >= 4 is 0 Å². The highest BCUT2D eigenvalue weighted by molar-refractivity contribution is 4.83. The molecule has 0 aromatic rings. The largest absolute Gasteiger partial charge is 0.317 e. The van der Waals surface area contributed by atoms with Crippen LogP contribution in [0.2, 0.25) is 0 Å². The van der Waals surface area contributed by atoms with E-state index >= 15 is 0 Å². The van der Waals surface area contributed by atoms with Gasteiger partial charge in [0.2, 0.25) is 0 Å². The predicted molar refractivity (Wildman–Crippen MR) is 172 cm³/mol.